The molecule has 1 aliphatic rings. The maximum atomic E-state index is 11.7. The summed E-state index contributed by atoms with van der Waals surface area (Å²) in [7, 11) is 2.11. The van der Waals surface area contributed by atoms with Gasteiger partial charge in [-0.05, 0) is 23.8 Å². The van der Waals surface area contributed by atoms with Crippen LogP contribution in [0.1, 0.15) is 12.0 Å². The highest BCUT2D eigenvalue weighted by Crippen LogP contribution is 2.08. The minimum absolute atomic E-state index is 0.278. The molecule has 1 heterocycles. The molecule has 0 aliphatic carbocycles. The third-order valence-corrected chi connectivity index (χ3v) is 3.68. The number of carbonyl (C=O) groups is 2. The Kier molecular flexibility index (Phi) is 5.80. The van der Waals surface area contributed by atoms with Crippen molar-refractivity contribution >= 4 is 23.4 Å². The Hall–Kier alpha value is -2.05. The molecule has 0 spiro atoms. The molecular weight excluding hydrogens is 304 g/mol. The van der Waals surface area contributed by atoms with Crippen molar-refractivity contribution in [3.8, 4) is 0 Å². The summed E-state index contributed by atoms with van der Waals surface area (Å²) in [6, 6.07) is 7.06. The van der Waals surface area contributed by atoms with Gasteiger partial charge in [0.15, 0.2) is 0 Å². The van der Waals surface area contributed by atoms with Gasteiger partial charge in [-0.2, -0.15) is 0 Å². The zero-order valence-electron chi connectivity index (χ0n) is 12.4. The van der Waals surface area contributed by atoms with Crippen LogP contribution < -0.4 is 21.1 Å². The third-order valence-electron chi connectivity index (χ3n) is 3.43. The summed E-state index contributed by atoms with van der Waals surface area (Å²) in [6.45, 7) is 2.18. The number of nitrogens with one attached hydrogen (secondary N) is 4. The SMILES string of the molecule is C[NH+]1CC=C(NNC(=O)C(=O)NCc2ccc(Cl)cc2)CC1. The van der Waals surface area contributed by atoms with Crippen molar-refractivity contribution in [2.24, 2.45) is 0 Å². The molecule has 0 radical (unpaired) electrons. The molecule has 0 aromatic heterocycles. The van der Waals surface area contributed by atoms with Gasteiger partial charge in [0.25, 0.3) is 0 Å². The maximum Gasteiger partial charge on any atom is 0.327 e. The van der Waals surface area contributed by atoms with Crippen molar-refractivity contribution < 1.29 is 14.5 Å². The van der Waals surface area contributed by atoms with Gasteiger partial charge in [0.2, 0.25) is 0 Å². The van der Waals surface area contributed by atoms with Crippen LogP contribution in [0.3, 0.4) is 0 Å². The molecular formula is C15H20ClN4O2+. The molecule has 1 atom stereocenters. The quantitative estimate of drug-likeness (QED) is 0.441. The van der Waals surface area contributed by atoms with E-state index in [0.29, 0.717) is 5.02 Å². The van der Waals surface area contributed by atoms with Crippen LogP contribution in [-0.4, -0.2) is 32.0 Å². The first-order valence-corrected chi connectivity index (χ1v) is 7.51. The molecule has 1 unspecified atom stereocenters. The second kappa shape index (κ2) is 7.82. The molecule has 0 fully saturated rings. The number of halogens is 1. The van der Waals surface area contributed by atoms with E-state index in [9.17, 15) is 9.59 Å². The van der Waals surface area contributed by atoms with E-state index in [1.165, 1.54) is 4.90 Å². The summed E-state index contributed by atoms with van der Waals surface area (Å²) in [5, 5.41) is 3.19. The highest BCUT2D eigenvalue weighted by atomic mass is 35.5. The molecule has 4 N–H and O–H groups in total. The van der Waals surface area contributed by atoms with E-state index in [-0.39, 0.29) is 6.54 Å². The Bertz CT molecular complexity index is 571. The minimum Gasteiger partial charge on any atom is -0.344 e. The molecule has 0 bridgehead atoms. The van der Waals surface area contributed by atoms with Crippen LogP contribution in [0.25, 0.3) is 0 Å². The van der Waals surface area contributed by atoms with Crippen LogP contribution in [-0.2, 0) is 16.1 Å². The van der Waals surface area contributed by atoms with E-state index >= 15 is 0 Å². The maximum absolute atomic E-state index is 11.7. The first-order valence-electron chi connectivity index (χ1n) is 7.13. The van der Waals surface area contributed by atoms with Crippen LogP contribution >= 0.6 is 11.6 Å². The van der Waals surface area contributed by atoms with Crippen LogP contribution in [0, 0.1) is 0 Å². The van der Waals surface area contributed by atoms with Gasteiger partial charge in [0, 0.05) is 23.7 Å². The van der Waals surface area contributed by atoms with E-state index < -0.39 is 11.8 Å². The largest absolute Gasteiger partial charge is 0.344 e. The first-order chi connectivity index (χ1) is 10.5. The summed E-state index contributed by atoms with van der Waals surface area (Å²) < 4.78 is 0. The molecule has 22 heavy (non-hydrogen) atoms. The lowest BCUT2D eigenvalue weighted by Gasteiger charge is -2.20. The van der Waals surface area contributed by atoms with Crippen molar-refractivity contribution in [3.63, 3.8) is 0 Å². The topological polar surface area (TPSA) is 74.7 Å². The van der Waals surface area contributed by atoms with Gasteiger partial charge in [-0.3, -0.25) is 15.0 Å². The van der Waals surface area contributed by atoms with Crippen molar-refractivity contribution in [1.82, 2.24) is 16.2 Å². The van der Waals surface area contributed by atoms with Crippen LogP contribution in [0.5, 0.6) is 0 Å². The normalized spacial score (nSPS) is 17.4. The summed E-state index contributed by atoms with van der Waals surface area (Å²) in [6.07, 6.45) is 2.86. The van der Waals surface area contributed by atoms with Gasteiger partial charge in [0.05, 0.1) is 20.1 Å². The van der Waals surface area contributed by atoms with E-state index in [4.69, 9.17) is 11.6 Å². The highest BCUT2D eigenvalue weighted by Gasteiger charge is 2.15. The van der Waals surface area contributed by atoms with Gasteiger partial charge in [-0.25, -0.2) is 0 Å². The fourth-order valence-electron chi connectivity index (χ4n) is 2.02. The number of likely N-dealkylation sites (N-methyl/N-ethyl adjacent to an activating group) is 1. The number of benzene rings is 1. The number of rotatable bonds is 4. The highest BCUT2D eigenvalue weighted by molar-refractivity contribution is 6.34. The van der Waals surface area contributed by atoms with Crippen molar-refractivity contribution in [1.29, 1.82) is 0 Å². The molecule has 1 aromatic carbocycles. The Labute approximate surface area is 134 Å². The molecule has 118 valence electrons. The molecule has 1 aliphatic heterocycles. The Morgan fingerprint density at radius 1 is 1.23 bits per heavy atom. The standard InChI is InChI=1S/C15H19ClN4O2/c1-20-8-6-13(7-9-20)18-19-15(22)14(21)17-10-11-2-4-12(16)5-3-11/h2-6,18H,7-10H2,1H3,(H,17,21)(H,19,22)/p+1. The fourth-order valence-corrected chi connectivity index (χ4v) is 2.15. The number of amides is 2. The molecule has 0 saturated carbocycles. The van der Waals surface area contributed by atoms with Crippen molar-refractivity contribution in [2.45, 2.75) is 13.0 Å². The molecule has 7 heteroatoms. The van der Waals surface area contributed by atoms with Crippen LogP contribution in [0.2, 0.25) is 5.02 Å². The van der Waals surface area contributed by atoms with E-state index in [2.05, 4.69) is 23.2 Å². The monoisotopic (exact) mass is 323 g/mol. The van der Waals surface area contributed by atoms with Crippen molar-refractivity contribution in [3.05, 3.63) is 46.6 Å². The Balaban J connectivity index is 1.73. The molecule has 2 amide bonds. The van der Waals surface area contributed by atoms with E-state index in [1.807, 2.05) is 6.08 Å². The number of hydrogen-bond acceptors (Lipinski definition) is 3. The molecule has 2 rings (SSSR count). The van der Waals surface area contributed by atoms with Gasteiger partial charge in [-0.1, -0.05) is 23.7 Å². The second-order valence-corrected chi connectivity index (χ2v) is 5.72. The van der Waals surface area contributed by atoms with Crippen LogP contribution in [0.15, 0.2) is 36.0 Å². The molecule has 6 nitrogen and oxygen atoms in total. The number of carbonyl (C=O) groups excluding carboxylic acids is 2. The average molecular weight is 324 g/mol. The third kappa shape index (κ3) is 5.05. The van der Waals surface area contributed by atoms with Crippen molar-refractivity contribution in [2.75, 3.05) is 20.1 Å². The van der Waals surface area contributed by atoms with Gasteiger partial charge < -0.3 is 15.6 Å². The predicted molar refractivity (Wildman–Crippen MR) is 83.9 cm³/mol. The van der Waals surface area contributed by atoms with Gasteiger partial charge in [-0.15, -0.1) is 0 Å². The average Bonchev–Trinajstić information content (AvgIpc) is 2.53. The number of quaternary nitrogens is 1. The zero-order chi connectivity index (χ0) is 15.9. The number of hydrogen-bond donors (Lipinski definition) is 4. The Morgan fingerprint density at radius 3 is 2.59 bits per heavy atom. The van der Waals surface area contributed by atoms with E-state index in [0.717, 1.165) is 30.8 Å². The predicted octanol–water partition coefficient (Wildman–Crippen LogP) is -0.621. The van der Waals surface area contributed by atoms with E-state index in [1.54, 1.807) is 24.3 Å². The summed E-state index contributed by atoms with van der Waals surface area (Å²) in [5.74, 6) is -1.39. The summed E-state index contributed by atoms with van der Waals surface area (Å²) in [4.78, 5) is 24.8. The summed E-state index contributed by atoms with van der Waals surface area (Å²) >= 11 is 5.78. The van der Waals surface area contributed by atoms with Gasteiger partial charge >= 0.3 is 11.8 Å². The lowest BCUT2D eigenvalue weighted by Crippen LogP contribution is -3.09. The lowest BCUT2D eigenvalue weighted by atomic mass is 10.2. The first kappa shape index (κ1) is 16.3. The van der Waals surface area contributed by atoms with Gasteiger partial charge in [0.1, 0.15) is 0 Å². The smallest absolute Gasteiger partial charge is 0.327 e. The minimum atomic E-state index is -0.707. The summed E-state index contributed by atoms with van der Waals surface area (Å²) in [5.41, 5.74) is 7.02. The Morgan fingerprint density at radius 2 is 1.95 bits per heavy atom. The lowest BCUT2D eigenvalue weighted by molar-refractivity contribution is -0.875. The zero-order valence-corrected chi connectivity index (χ0v) is 13.2. The molecule has 0 saturated heterocycles. The molecule has 1 aromatic rings. The number of hydrazine groups is 1. The second-order valence-electron chi connectivity index (χ2n) is 5.28. The van der Waals surface area contributed by atoms with Crippen LogP contribution in [0.4, 0.5) is 0 Å². The fraction of sp³-hybridized carbons (Fsp3) is 0.333.